The molecule has 0 saturated carbocycles. The number of nitrogens with zero attached hydrogens (tertiary/aromatic N) is 2. The monoisotopic (exact) mass is 355 g/mol. The minimum Gasteiger partial charge on any atom is -0.307 e. The fourth-order valence-electron chi connectivity index (χ4n) is 4.41. The lowest BCUT2D eigenvalue weighted by molar-refractivity contribution is 0.0557. The first-order valence-corrected chi connectivity index (χ1v) is 9.40. The molecule has 1 saturated heterocycles. The molecule has 0 radical (unpaired) electrons. The third kappa shape index (κ3) is 4.89. The van der Waals surface area contributed by atoms with E-state index in [9.17, 15) is 4.39 Å². The van der Waals surface area contributed by atoms with E-state index in [1.54, 1.807) is 18.3 Å². The second-order valence-electron chi connectivity index (χ2n) is 8.81. The largest absolute Gasteiger partial charge is 0.307 e. The average Bonchev–Trinajstić information content (AvgIpc) is 2.54. The number of nitrogens with one attached hydrogen (secondary N) is 1. The van der Waals surface area contributed by atoms with Gasteiger partial charge in [0.1, 0.15) is 5.82 Å². The number of pyridine rings is 1. The molecule has 0 amide bonds. The highest BCUT2D eigenvalue weighted by Crippen LogP contribution is 2.33. The molecule has 1 aromatic heterocycles. The molecule has 1 aromatic carbocycles. The van der Waals surface area contributed by atoms with Crippen LogP contribution in [0.15, 0.2) is 48.8 Å². The van der Waals surface area contributed by atoms with Gasteiger partial charge in [-0.25, -0.2) is 4.39 Å². The first-order valence-electron chi connectivity index (χ1n) is 9.40. The zero-order valence-corrected chi connectivity index (χ0v) is 16.3. The van der Waals surface area contributed by atoms with E-state index in [1.807, 2.05) is 24.4 Å². The lowest BCUT2D eigenvalue weighted by Crippen LogP contribution is -2.62. The van der Waals surface area contributed by atoms with Gasteiger partial charge in [-0.15, -0.1) is 0 Å². The van der Waals surface area contributed by atoms with Crippen molar-refractivity contribution in [1.29, 1.82) is 0 Å². The van der Waals surface area contributed by atoms with E-state index in [1.165, 1.54) is 0 Å². The van der Waals surface area contributed by atoms with Crippen molar-refractivity contribution >= 4 is 0 Å². The predicted molar refractivity (Wildman–Crippen MR) is 104 cm³/mol. The summed E-state index contributed by atoms with van der Waals surface area (Å²) in [5, 5.41) is 3.74. The smallest absolute Gasteiger partial charge is 0.127 e. The van der Waals surface area contributed by atoms with Crippen LogP contribution in [-0.2, 0) is 13.1 Å². The second-order valence-corrected chi connectivity index (χ2v) is 8.81. The fourth-order valence-corrected chi connectivity index (χ4v) is 4.41. The predicted octanol–water partition coefficient (Wildman–Crippen LogP) is 4.53. The van der Waals surface area contributed by atoms with E-state index < -0.39 is 0 Å². The molecule has 2 heterocycles. The van der Waals surface area contributed by atoms with Crippen LogP contribution in [0, 0.1) is 5.82 Å². The SMILES string of the molecule is CC1(C)CC(N(Cc2cccnc2)Cc2ccccc2F)CC(C)(C)N1. The zero-order chi connectivity index (χ0) is 18.8. The molecule has 4 heteroatoms. The number of rotatable bonds is 5. The second kappa shape index (κ2) is 7.45. The quantitative estimate of drug-likeness (QED) is 0.854. The summed E-state index contributed by atoms with van der Waals surface area (Å²) >= 11 is 0. The molecule has 0 unspecified atom stereocenters. The molecule has 1 aliphatic heterocycles. The maximum atomic E-state index is 14.3. The zero-order valence-electron chi connectivity index (χ0n) is 16.3. The van der Waals surface area contributed by atoms with Crippen molar-refractivity contribution in [3.63, 3.8) is 0 Å². The summed E-state index contributed by atoms with van der Waals surface area (Å²) in [6, 6.07) is 11.5. The van der Waals surface area contributed by atoms with E-state index in [4.69, 9.17) is 0 Å². The topological polar surface area (TPSA) is 28.2 Å². The van der Waals surface area contributed by atoms with Gasteiger partial charge >= 0.3 is 0 Å². The Balaban J connectivity index is 1.88. The molecular weight excluding hydrogens is 325 g/mol. The summed E-state index contributed by atoms with van der Waals surface area (Å²) in [6.45, 7) is 10.4. The summed E-state index contributed by atoms with van der Waals surface area (Å²) in [6.07, 6.45) is 5.77. The summed E-state index contributed by atoms with van der Waals surface area (Å²) in [7, 11) is 0. The van der Waals surface area contributed by atoms with Crippen LogP contribution in [0.25, 0.3) is 0 Å². The van der Waals surface area contributed by atoms with E-state index in [0.717, 1.165) is 30.5 Å². The van der Waals surface area contributed by atoms with Gasteiger partial charge in [-0.2, -0.15) is 0 Å². The molecule has 140 valence electrons. The summed E-state index contributed by atoms with van der Waals surface area (Å²) in [5.74, 6) is -0.129. The molecule has 1 N–H and O–H groups in total. The van der Waals surface area contributed by atoms with Gasteiger partial charge in [0.05, 0.1) is 0 Å². The van der Waals surface area contributed by atoms with Gasteiger partial charge < -0.3 is 5.32 Å². The molecule has 0 bridgehead atoms. The van der Waals surface area contributed by atoms with Crippen LogP contribution in [0.3, 0.4) is 0 Å². The van der Waals surface area contributed by atoms with Gasteiger partial charge in [0.25, 0.3) is 0 Å². The van der Waals surface area contributed by atoms with Crippen LogP contribution >= 0.6 is 0 Å². The standard InChI is InChI=1S/C22H30FN3/c1-21(2)12-19(13-22(3,4)25-21)26(15-17-8-7-11-24-14-17)16-18-9-5-6-10-20(18)23/h5-11,14,19,25H,12-13,15-16H2,1-4H3. The number of hydrogen-bond donors (Lipinski definition) is 1. The molecule has 1 aliphatic rings. The first-order chi connectivity index (χ1) is 12.2. The Kier molecular flexibility index (Phi) is 5.44. The molecule has 1 fully saturated rings. The maximum Gasteiger partial charge on any atom is 0.127 e. The summed E-state index contributed by atoms with van der Waals surface area (Å²) < 4.78 is 14.3. The molecule has 0 aliphatic carbocycles. The minimum absolute atomic E-state index is 0.0504. The summed E-state index contributed by atoms with van der Waals surface area (Å²) in [4.78, 5) is 6.67. The fraction of sp³-hybridized carbons (Fsp3) is 0.500. The Morgan fingerprint density at radius 3 is 2.35 bits per heavy atom. The van der Waals surface area contributed by atoms with Gasteiger partial charge in [0.15, 0.2) is 0 Å². The van der Waals surface area contributed by atoms with Gasteiger partial charge in [-0.3, -0.25) is 9.88 Å². The highest BCUT2D eigenvalue weighted by molar-refractivity contribution is 5.18. The number of benzene rings is 1. The van der Waals surface area contributed by atoms with Gasteiger partial charge in [-0.1, -0.05) is 24.3 Å². The molecule has 3 rings (SSSR count). The van der Waals surface area contributed by atoms with Gasteiger partial charge in [0.2, 0.25) is 0 Å². The highest BCUT2D eigenvalue weighted by Gasteiger charge is 2.40. The number of hydrogen-bond acceptors (Lipinski definition) is 3. The van der Waals surface area contributed by atoms with E-state index >= 15 is 0 Å². The molecule has 0 spiro atoms. The Morgan fingerprint density at radius 1 is 1.04 bits per heavy atom. The number of aromatic nitrogens is 1. The lowest BCUT2D eigenvalue weighted by Gasteiger charge is -2.49. The van der Waals surface area contributed by atoms with Gasteiger partial charge in [0, 0.05) is 48.2 Å². The number of halogens is 1. The maximum absolute atomic E-state index is 14.3. The van der Waals surface area contributed by atoms with Crippen LogP contribution < -0.4 is 5.32 Å². The van der Waals surface area contributed by atoms with E-state index in [2.05, 4.69) is 49.0 Å². The van der Waals surface area contributed by atoms with E-state index in [0.29, 0.717) is 12.6 Å². The van der Waals surface area contributed by atoms with Crippen molar-refractivity contribution in [2.75, 3.05) is 0 Å². The first kappa shape index (κ1) is 19.0. The van der Waals surface area contributed by atoms with Crippen molar-refractivity contribution in [3.05, 3.63) is 65.7 Å². The van der Waals surface area contributed by atoms with Crippen molar-refractivity contribution < 1.29 is 4.39 Å². The molecule has 2 aromatic rings. The Morgan fingerprint density at radius 2 is 1.73 bits per heavy atom. The normalized spacial score (nSPS) is 19.6. The summed E-state index contributed by atoms with van der Waals surface area (Å²) in [5.41, 5.74) is 2.02. The van der Waals surface area contributed by atoms with Crippen LogP contribution in [0.4, 0.5) is 4.39 Å². The van der Waals surface area contributed by atoms with Crippen molar-refractivity contribution in [3.8, 4) is 0 Å². The highest BCUT2D eigenvalue weighted by atomic mass is 19.1. The van der Waals surface area contributed by atoms with E-state index in [-0.39, 0.29) is 16.9 Å². The molecule has 0 atom stereocenters. The van der Waals surface area contributed by atoms with Crippen LogP contribution in [0.2, 0.25) is 0 Å². The lowest BCUT2D eigenvalue weighted by atomic mass is 9.79. The Hall–Kier alpha value is -1.78. The van der Waals surface area contributed by atoms with Crippen LogP contribution in [-0.4, -0.2) is 27.0 Å². The average molecular weight is 356 g/mol. The molecule has 3 nitrogen and oxygen atoms in total. The minimum atomic E-state index is -0.129. The van der Waals surface area contributed by atoms with Crippen LogP contribution in [0.5, 0.6) is 0 Å². The number of piperidine rings is 1. The molecular formula is C22H30FN3. The third-order valence-corrected chi connectivity index (χ3v) is 5.12. The van der Waals surface area contributed by atoms with Crippen LogP contribution in [0.1, 0.15) is 51.7 Å². The van der Waals surface area contributed by atoms with Gasteiger partial charge in [-0.05, 0) is 58.2 Å². The van der Waals surface area contributed by atoms with Crippen molar-refractivity contribution in [2.45, 2.75) is 70.7 Å². The van der Waals surface area contributed by atoms with Crippen molar-refractivity contribution in [1.82, 2.24) is 15.2 Å². The molecule has 26 heavy (non-hydrogen) atoms. The van der Waals surface area contributed by atoms with Crippen molar-refractivity contribution in [2.24, 2.45) is 0 Å². The Bertz CT molecular complexity index is 711. The Labute approximate surface area is 156 Å². The third-order valence-electron chi connectivity index (χ3n) is 5.12.